The predicted molar refractivity (Wildman–Crippen MR) is 386 cm³/mol. The van der Waals surface area contributed by atoms with Gasteiger partial charge in [-0.3, -0.25) is 0 Å². The van der Waals surface area contributed by atoms with Gasteiger partial charge in [0.1, 0.15) is 34.5 Å². The van der Waals surface area contributed by atoms with Crippen molar-refractivity contribution in [1.82, 2.24) is 0 Å². The van der Waals surface area contributed by atoms with Crippen molar-refractivity contribution in [3.8, 4) is 34.5 Å². The summed E-state index contributed by atoms with van der Waals surface area (Å²) in [5.74, 6) is 5.33. The van der Waals surface area contributed by atoms with Crippen molar-refractivity contribution in [3.63, 3.8) is 0 Å². The molecule has 0 aliphatic carbocycles. The zero-order valence-corrected chi connectivity index (χ0v) is 58.6. The first kappa shape index (κ1) is 78.2. The molecule has 0 bridgehead atoms. The molecule has 0 unspecified atom stereocenters. The monoisotopic (exact) mass is 1220 g/mol. The van der Waals surface area contributed by atoms with Gasteiger partial charge in [-0.05, 0) is 87.1 Å². The van der Waals surface area contributed by atoms with E-state index in [1.54, 1.807) is 0 Å². The summed E-state index contributed by atoms with van der Waals surface area (Å²) < 4.78 is 40.1. The topological polar surface area (TPSA) is 55.4 Å². The molecule has 0 radical (unpaired) electrons. The molecular formula is C82H138O6. The van der Waals surface area contributed by atoms with Crippen LogP contribution in [-0.2, 0) is 0 Å². The maximum Gasteiger partial charge on any atom is 0.127 e. The van der Waals surface area contributed by atoms with Crippen LogP contribution in [0.3, 0.4) is 0 Å². The highest BCUT2D eigenvalue weighted by atomic mass is 16.5. The molecule has 3 aromatic rings. The zero-order valence-electron chi connectivity index (χ0n) is 58.6. The van der Waals surface area contributed by atoms with E-state index in [4.69, 9.17) is 28.4 Å². The molecule has 88 heavy (non-hydrogen) atoms. The van der Waals surface area contributed by atoms with E-state index in [0.717, 1.165) is 108 Å². The molecule has 3 aromatic carbocycles. The summed E-state index contributed by atoms with van der Waals surface area (Å²) in [5, 5.41) is 0. The highest BCUT2D eigenvalue weighted by Crippen LogP contribution is 2.36. The Labute approximate surface area is 544 Å². The molecule has 0 saturated heterocycles. The van der Waals surface area contributed by atoms with E-state index in [1.165, 1.54) is 270 Å². The van der Waals surface area contributed by atoms with Crippen LogP contribution in [0.25, 0.3) is 24.3 Å². The summed E-state index contributed by atoms with van der Waals surface area (Å²) in [7, 11) is 0. The van der Waals surface area contributed by atoms with Crippen LogP contribution in [0, 0.1) is 0 Å². The van der Waals surface area contributed by atoms with Crippen molar-refractivity contribution in [3.05, 3.63) is 70.8 Å². The maximum atomic E-state index is 6.93. The molecule has 6 nitrogen and oxygen atoms in total. The van der Waals surface area contributed by atoms with Crippen molar-refractivity contribution in [2.24, 2.45) is 0 Å². The molecule has 0 aromatic heterocycles. The third kappa shape index (κ3) is 41.3. The van der Waals surface area contributed by atoms with Gasteiger partial charge < -0.3 is 28.4 Å². The molecule has 0 heterocycles. The van der Waals surface area contributed by atoms with Gasteiger partial charge in [0.15, 0.2) is 0 Å². The second-order valence-corrected chi connectivity index (χ2v) is 25.9. The third-order valence-electron chi connectivity index (χ3n) is 17.5. The quantitative estimate of drug-likeness (QED) is 0.0415. The highest BCUT2D eigenvalue weighted by Gasteiger charge is 2.14. The van der Waals surface area contributed by atoms with Crippen molar-refractivity contribution < 1.29 is 28.4 Å². The number of hydrogen-bond acceptors (Lipinski definition) is 6. The Kier molecular flexibility index (Phi) is 51.6. The first-order valence-corrected chi connectivity index (χ1v) is 38.2. The predicted octanol–water partition coefficient (Wildman–Crippen LogP) is 27.1. The van der Waals surface area contributed by atoms with Gasteiger partial charge in [-0.1, -0.05) is 336 Å². The van der Waals surface area contributed by atoms with Crippen LogP contribution in [0.15, 0.2) is 48.5 Å². The molecule has 0 aliphatic rings. The fraction of sp³-hybridized carbons (Fsp3) is 0.732. The molecule has 6 heteroatoms. The van der Waals surface area contributed by atoms with Gasteiger partial charge in [-0.15, -0.1) is 0 Å². The van der Waals surface area contributed by atoms with Crippen LogP contribution < -0.4 is 28.4 Å². The van der Waals surface area contributed by atoms with Crippen molar-refractivity contribution in [1.29, 1.82) is 0 Å². The van der Waals surface area contributed by atoms with Gasteiger partial charge >= 0.3 is 0 Å². The van der Waals surface area contributed by atoms with E-state index in [2.05, 4.69) is 114 Å². The van der Waals surface area contributed by atoms with E-state index in [1.807, 2.05) is 0 Å². The normalized spacial score (nSPS) is 11.6. The van der Waals surface area contributed by atoms with Crippen molar-refractivity contribution >= 4 is 24.3 Å². The fourth-order valence-corrected chi connectivity index (χ4v) is 11.7. The smallest absolute Gasteiger partial charge is 0.127 e. The van der Waals surface area contributed by atoms with Crippen molar-refractivity contribution in [2.75, 3.05) is 39.6 Å². The van der Waals surface area contributed by atoms with E-state index < -0.39 is 0 Å². The van der Waals surface area contributed by atoms with Crippen LogP contribution in [-0.4, -0.2) is 39.6 Å². The second-order valence-electron chi connectivity index (χ2n) is 25.9. The summed E-state index contributed by atoms with van der Waals surface area (Å²) in [6.07, 6.45) is 69.9. The average Bonchev–Trinajstić information content (AvgIpc) is 3.65. The van der Waals surface area contributed by atoms with E-state index in [0.29, 0.717) is 26.4 Å². The molecule has 0 atom stereocenters. The van der Waals surface area contributed by atoms with E-state index >= 15 is 0 Å². The zero-order chi connectivity index (χ0) is 62.7. The molecule has 3 rings (SSSR count). The molecule has 502 valence electrons. The lowest BCUT2D eigenvalue weighted by Gasteiger charge is -2.16. The standard InChI is InChI=1S/C82H138O6/c1-7-13-19-25-31-37-43-49-63-83-77-59-61-79(85-65-51-45-39-33-27-21-15-9-3)73(69-77)55-57-75-71-82(88-68-54-48-42-36-30-24-18-12-6)76(72-81(75)87-67-53-47-41-35-29-23-17-11-5)58-56-74-70-78(84-64-50-44-38-32-26-20-14-8-2)60-62-80(74)86-66-52-46-40-34-28-22-16-10-4/h55-62,69-72H,7-54,63-68H2,1-6H3/b57-55+,58-56+. The van der Waals surface area contributed by atoms with Gasteiger partial charge in [0, 0.05) is 22.3 Å². The largest absolute Gasteiger partial charge is 0.494 e. The van der Waals surface area contributed by atoms with Crippen molar-refractivity contribution in [2.45, 2.75) is 350 Å². The Hall–Kier alpha value is -4.06. The van der Waals surface area contributed by atoms with Gasteiger partial charge in [-0.25, -0.2) is 0 Å². The number of rotatable bonds is 64. The first-order chi connectivity index (χ1) is 43.6. The SMILES string of the molecule is CCCCCCCCCCOc1ccc(OCCCCCCCCCC)c(/C=C/c2cc(OCCCCCCCCCC)c(/C=C/c3cc(OCCCCCCCCCC)ccc3OCCCCCCCCCC)cc2OCCCCCCCCCC)c1. The number of benzene rings is 3. The Morgan fingerprint density at radius 3 is 0.602 bits per heavy atom. The molecule has 0 N–H and O–H groups in total. The Morgan fingerprint density at radius 1 is 0.193 bits per heavy atom. The van der Waals surface area contributed by atoms with Crippen LogP contribution in [0.1, 0.15) is 372 Å². The summed E-state index contributed by atoms with van der Waals surface area (Å²) in [5.41, 5.74) is 4.06. The highest BCUT2D eigenvalue weighted by molar-refractivity contribution is 5.81. The van der Waals surface area contributed by atoms with Crippen LogP contribution in [0.4, 0.5) is 0 Å². The summed E-state index contributed by atoms with van der Waals surface area (Å²) in [6, 6.07) is 17.3. The lowest BCUT2D eigenvalue weighted by atomic mass is 10.0. The number of hydrogen-bond donors (Lipinski definition) is 0. The van der Waals surface area contributed by atoms with Crippen LogP contribution in [0.2, 0.25) is 0 Å². The molecule has 0 amide bonds. The maximum absolute atomic E-state index is 6.93. The van der Waals surface area contributed by atoms with Gasteiger partial charge in [0.25, 0.3) is 0 Å². The van der Waals surface area contributed by atoms with Gasteiger partial charge in [-0.2, -0.15) is 0 Å². The van der Waals surface area contributed by atoms with Crippen LogP contribution in [0.5, 0.6) is 34.5 Å². The van der Waals surface area contributed by atoms with Gasteiger partial charge in [0.05, 0.1) is 39.6 Å². The van der Waals surface area contributed by atoms with Crippen LogP contribution >= 0.6 is 0 Å². The Balaban J connectivity index is 2.04. The lowest BCUT2D eigenvalue weighted by Crippen LogP contribution is -2.03. The molecule has 0 spiro atoms. The fourth-order valence-electron chi connectivity index (χ4n) is 11.7. The second kappa shape index (κ2) is 58.1. The summed E-state index contributed by atoms with van der Waals surface area (Å²) in [6.45, 7) is 18.0. The van der Waals surface area contributed by atoms with E-state index in [-0.39, 0.29) is 0 Å². The minimum absolute atomic E-state index is 0.668. The Morgan fingerprint density at radius 2 is 0.375 bits per heavy atom. The number of ether oxygens (including phenoxy) is 6. The third-order valence-corrected chi connectivity index (χ3v) is 17.5. The first-order valence-electron chi connectivity index (χ1n) is 38.2. The molecule has 0 saturated carbocycles. The molecule has 0 fully saturated rings. The lowest BCUT2D eigenvalue weighted by molar-refractivity contribution is 0.295. The van der Waals surface area contributed by atoms with Gasteiger partial charge in [0.2, 0.25) is 0 Å². The minimum atomic E-state index is 0.668. The Bertz CT molecular complexity index is 1940. The molecule has 0 aliphatic heterocycles. The summed E-state index contributed by atoms with van der Waals surface area (Å²) >= 11 is 0. The van der Waals surface area contributed by atoms with E-state index in [9.17, 15) is 0 Å². The molecular weight excluding hydrogens is 1080 g/mol. The average molecular weight is 1220 g/mol. The summed E-state index contributed by atoms with van der Waals surface area (Å²) in [4.78, 5) is 0. The number of unbranched alkanes of at least 4 members (excludes halogenated alkanes) is 42. The minimum Gasteiger partial charge on any atom is -0.494 e.